The molecule has 1 fully saturated rings. The van der Waals surface area contributed by atoms with Gasteiger partial charge in [0.1, 0.15) is 5.75 Å². The molecule has 29 heavy (non-hydrogen) atoms. The van der Waals surface area contributed by atoms with E-state index in [9.17, 15) is 10.1 Å². The highest BCUT2D eigenvalue weighted by atomic mass is 32.2. The summed E-state index contributed by atoms with van der Waals surface area (Å²) in [6, 6.07) is 9.34. The van der Waals surface area contributed by atoms with Crippen molar-refractivity contribution < 1.29 is 14.4 Å². The van der Waals surface area contributed by atoms with Gasteiger partial charge in [-0.1, -0.05) is 23.1 Å². The average molecular weight is 433 g/mol. The summed E-state index contributed by atoms with van der Waals surface area (Å²) in [5.74, 6) is 2.16. The number of nitro groups is 1. The van der Waals surface area contributed by atoms with Crippen molar-refractivity contribution >= 4 is 28.1 Å². The van der Waals surface area contributed by atoms with Crippen molar-refractivity contribution in [1.82, 2.24) is 14.8 Å². The van der Waals surface area contributed by atoms with Crippen LogP contribution >= 0.6 is 23.1 Å². The second-order valence-electron chi connectivity index (χ2n) is 6.62. The quantitative estimate of drug-likeness (QED) is 0.296. The maximum atomic E-state index is 10.9. The first kappa shape index (κ1) is 19.9. The molecule has 0 spiro atoms. The van der Waals surface area contributed by atoms with Crippen molar-refractivity contribution in [3.8, 4) is 17.1 Å². The SMILES string of the molecule is COc1ccc(-c2nnc(SCc3csc([N+](=O)[O-])c3)n2CC2CCCO2)cc1. The van der Waals surface area contributed by atoms with Gasteiger partial charge in [-0.15, -0.1) is 10.2 Å². The highest BCUT2D eigenvalue weighted by molar-refractivity contribution is 7.98. The van der Waals surface area contributed by atoms with E-state index in [1.807, 2.05) is 29.6 Å². The molecule has 0 N–H and O–H groups in total. The van der Waals surface area contributed by atoms with Gasteiger partial charge in [0.2, 0.25) is 0 Å². The van der Waals surface area contributed by atoms with E-state index in [0.29, 0.717) is 12.3 Å². The van der Waals surface area contributed by atoms with E-state index in [4.69, 9.17) is 9.47 Å². The Balaban J connectivity index is 1.57. The van der Waals surface area contributed by atoms with Crippen LogP contribution in [0.15, 0.2) is 40.9 Å². The van der Waals surface area contributed by atoms with E-state index < -0.39 is 0 Å². The minimum absolute atomic E-state index is 0.143. The van der Waals surface area contributed by atoms with Crippen molar-refractivity contribution in [2.75, 3.05) is 13.7 Å². The summed E-state index contributed by atoms with van der Waals surface area (Å²) in [5, 5.41) is 22.5. The van der Waals surface area contributed by atoms with Gasteiger partial charge in [-0.2, -0.15) is 0 Å². The Morgan fingerprint density at radius 2 is 2.21 bits per heavy atom. The molecule has 1 saturated heterocycles. The summed E-state index contributed by atoms with van der Waals surface area (Å²) in [5.41, 5.74) is 1.86. The van der Waals surface area contributed by atoms with Crippen molar-refractivity contribution in [3.63, 3.8) is 0 Å². The zero-order chi connectivity index (χ0) is 20.2. The lowest BCUT2D eigenvalue weighted by Crippen LogP contribution is -2.16. The third-order valence-corrected chi connectivity index (χ3v) is 6.63. The molecular weight excluding hydrogens is 412 g/mol. The van der Waals surface area contributed by atoms with Gasteiger partial charge >= 0.3 is 5.00 Å². The molecule has 1 aliphatic rings. The summed E-state index contributed by atoms with van der Waals surface area (Å²) in [7, 11) is 1.64. The normalized spacial score (nSPS) is 16.2. The Hall–Kier alpha value is -2.43. The van der Waals surface area contributed by atoms with Crippen molar-refractivity contribution in [3.05, 3.63) is 51.4 Å². The largest absolute Gasteiger partial charge is 0.497 e. The highest BCUT2D eigenvalue weighted by Gasteiger charge is 2.22. The molecule has 0 bridgehead atoms. The molecular formula is C19H20N4O4S2. The predicted molar refractivity (Wildman–Crippen MR) is 112 cm³/mol. The van der Waals surface area contributed by atoms with Crippen molar-refractivity contribution in [2.45, 2.75) is 36.4 Å². The van der Waals surface area contributed by atoms with Gasteiger partial charge in [0.25, 0.3) is 0 Å². The van der Waals surface area contributed by atoms with Gasteiger partial charge < -0.3 is 9.47 Å². The summed E-state index contributed by atoms with van der Waals surface area (Å²) < 4.78 is 13.1. The molecule has 1 aromatic carbocycles. The van der Waals surface area contributed by atoms with E-state index in [1.165, 1.54) is 11.8 Å². The molecule has 0 amide bonds. The molecule has 1 aliphatic heterocycles. The highest BCUT2D eigenvalue weighted by Crippen LogP contribution is 2.31. The van der Waals surface area contributed by atoms with Gasteiger partial charge in [-0.25, -0.2) is 0 Å². The molecule has 2 aromatic heterocycles. The fraction of sp³-hybridized carbons (Fsp3) is 0.368. The molecule has 3 aromatic rings. The fourth-order valence-corrected chi connectivity index (χ4v) is 4.90. The number of rotatable bonds is 8. The summed E-state index contributed by atoms with van der Waals surface area (Å²) in [6.45, 7) is 1.46. The number of aromatic nitrogens is 3. The Kier molecular flexibility index (Phi) is 6.12. The summed E-state index contributed by atoms with van der Waals surface area (Å²) in [4.78, 5) is 10.5. The first-order valence-corrected chi connectivity index (χ1v) is 11.0. The Bertz CT molecular complexity index is 981. The summed E-state index contributed by atoms with van der Waals surface area (Å²) >= 11 is 2.67. The third kappa shape index (κ3) is 4.60. The van der Waals surface area contributed by atoms with Crippen LogP contribution in [0.1, 0.15) is 18.4 Å². The van der Waals surface area contributed by atoms with Crippen LogP contribution in [-0.2, 0) is 17.0 Å². The molecule has 0 saturated carbocycles. The fourth-order valence-electron chi connectivity index (χ4n) is 3.19. The van der Waals surface area contributed by atoms with Gasteiger partial charge in [0.15, 0.2) is 11.0 Å². The van der Waals surface area contributed by atoms with Crippen LogP contribution in [0.4, 0.5) is 5.00 Å². The Morgan fingerprint density at radius 3 is 2.86 bits per heavy atom. The lowest BCUT2D eigenvalue weighted by Gasteiger charge is -2.14. The number of hydrogen-bond acceptors (Lipinski definition) is 8. The second kappa shape index (κ2) is 8.93. The summed E-state index contributed by atoms with van der Waals surface area (Å²) in [6.07, 6.45) is 2.22. The van der Waals surface area contributed by atoms with Crippen molar-refractivity contribution in [1.29, 1.82) is 0 Å². The molecule has 1 atom stereocenters. The average Bonchev–Trinajstić information content (AvgIpc) is 3.48. The van der Waals surface area contributed by atoms with Gasteiger partial charge in [-0.3, -0.25) is 14.7 Å². The van der Waals surface area contributed by atoms with Gasteiger partial charge in [0.05, 0.1) is 24.7 Å². The lowest BCUT2D eigenvalue weighted by atomic mass is 10.2. The first-order chi connectivity index (χ1) is 14.1. The zero-order valence-corrected chi connectivity index (χ0v) is 17.4. The maximum absolute atomic E-state index is 10.9. The molecule has 152 valence electrons. The number of thioether (sulfide) groups is 1. The number of methoxy groups -OCH3 is 1. The molecule has 3 heterocycles. The topological polar surface area (TPSA) is 92.3 Å². The monoisotopic (exact) mass is 432 g/mol. The van der Waals surface area contributed by atoms with Gasteiger partial charge in [0, 0.05) is 29.4 Å². The first-order valence-electron chi connectivity index (χ1n) is 9.18. The van der Waals surface area contributed by atoms with Crippen LogP contribution in [0, 0.1) is 10.1 Å². The van der Waals surface area contributed by atoms with Crippen LogP contribution in [0.25, 0.3) is 11.4 Å². The third-order valence-electron chi connectivity index (χ3n) is 4.66. The standard InChI is InChI=1S/C19H20N4O4S2/c1-26-15-6-4-14(5-7-15)18-20-21-19(22(18)10-16-3-2-8-27-16)29-12-13-9-17(23(24)25)28-11-13/h4-7,9,11,16H,2-3,8,10,12H2,1H3. The van der Waals surface area contributed by atoms with Crippen LogP contribution in [0.5, 0.6) is 5.75 Å². The van der Waals surface area contributed by atoms with Crippen LogP contribution in [0.2, 0.25) is 0 Å². The maximum Gasteiger partial charge on any atom is 0.324 e. The predicted octanol–water partition coefficient (Wildman–Crippen LogP) is 4.39. The van der Waals surface area contributed by atoms with Crippen LogP contribution in [0.3, 0.4) is 0 Å². The molecule has 4 rings (SSSR count). The minimum atomic E-state index is -0.361. The van der Waals surface area contributed by atoms with Crippen LogP contribution < -0.4 is 4.74 Å². The minimum Gasteiger partial charge on any atom is -0.497 e. The molecule has 0 aliphatic carbocycles. The second-order valence-corrected chi connectivity index (χ2v) is 8.45. The molecule has 10 heteroatoms. The number of hydrogen-bond donors (Lipinski definition) is 0. The Morgan fingerprint density at radius 1 is 1.38 bits per heavy atom. The van der Waals surface area contributed by atoms with E-state index in [1.54, 1.807) is 13.2 Å². The number of thiophene rings is 1. The van der Waals surface area contributed by atoms with E-state index in [2.05, 4.69) is 14.8 Å². The van der Waals surface area contributed by atoms with E-state index in [-0.39, 0.29) is 16.0 Å². The van der Waals surface area contributed by atoms with Crippen molar-refractivity contribution in [2.24, 2.45) is 0 Å². The Labute approximate surface area is 176 Å². The smallest absolute Gasteiger partial charge is 0.324 e. The molecule has 0 radical (unpaired) electrons. The number of nitrogens with zero attached hydrogens (tertiary/aromatic N) is 4. The lowest BCUT2D eigenvalue weighted by molar-refractivity contribution is -0.380. The molecule has 1 unspecified atom stereocenters. The number of ether oxygens (including phenoxy) is 2. The van der Waals surface area contributed by atoms with E-state index >= 15 is 0 Å². The van der Waals surface area contributed by atoms with Crippen LogP contribution in [-0.4, -0.2) is 39.5 Å². The van der Waals surface area contributed by atoms with E-state index in [0.717, 1.165) is 58.6 Å². The van der Waals surface area contributed by atoms with Gasteiger partial charge in [-0.05, 0) is 42.7 Å². The number of benzene rings is 1. The molecule has 8 nitrogen and oxygen atoms in total. The zero-order valence-electron chi connectivity index (χ0n) is 15.8.